The van der Waals surface area contributed by atoms with E-state index in [9.17, 15) is 9.59 Å². The number of nitrogens with zero attached hydrogens (tertiary/aromatic N) is 2. The van der Waals surface area contributed by atoms with Gasteiger partial charge in [-0.25, -0.2) is 4.98 Å². The van der Waals surface area contributed by atoms with Crippen molar-refractivity contribution < 1.29 is 18.7 Å². The Morgan fingerprint density at radius 3 is 2.78 bits per heavy atom. The van der Waals surface area contributed by atoms with Gasteiger partial charge in [0.2, 0.25) is 0 Å². The van der Waals surface area contributed by atoms with E-state index in [0.717, 1.165) is 35.4 Å². The fourth-order valence-corrected chi connectivity index (χ4v) is 3.95. The van der Waals surface area contributed by atoms with Gasteiger partial charge in [0.05, 0.1) is 6.42 Å². The molecule has 140 valence electrons. The molecule has 0 bridgehead atoms. The number of aromatic nitrogens is 1. The lowest BCUT2D eigenvalue weighted by Crippen LogP contribution is -2.40. The molecule has 6 nitrogen and oxygen atoms in total. The molecule has 0 spiro atoms. The van der Waals surface area contributed by atoms with E-state index in [4.69, 9.17) is 9.15 Å². The van der Waals surface area contributed by atoms with Gasteiger partial charge in [-0.15, -0.1) is 0 Å². The number of hydrogen-bond acceptors (Lipinski definition) is 6. The summed E-state index contributed by atoms with van der Waals surface area (Å²) >= 11 is 1.53. The second-order valence-corrected chi connectivity index (χ2v) is 7.42. The van der Waals surface area contributed by atoms with Crippen LogP contribution in [0.4, 0.5) is 0 Å². The van der Waals surface area contributed by atoms with E-state index in [2.05, 4.69) is 4.98 Å². The zero-order valence-electron chi connectivity index (χ0n) is 14.8. The van der Waals surface area contributed by atoms with E-state index >= 15 is 0 Å². The van der Waals surface area contributed by atoms with Gasteiger partial charge in [0, 0.05) is 19.0 Å². The molecule has 3 aromatic rings. The summed E-state index contributed by atoms with van der Waals surface area (Å²) in [5, 5.41) is 3.81. The lowest BCUT2D eigenvalue weighted by molar-refractivity contribution is -0.152. The zero-order chi connectivity index (χ0) is 18.6. The molecule has 0 aliphatic carbocycles. The Morgan fingerprint density at radius 2 is 2.04 bits per heavy atom. The number of carbonyl (C=O) groups excluding carboxylic acids is 2. The number of likely N-dealkylation sites (tertiary alicyclic amines) is 1. The summed E-state index contributed by atoms with van der Waals surface area (Å²) in [5.41, 5.74) is 2.57. The van der Waals surface area contributed by atoms with Crippen LogP contribution in [0.5, 0.6) is 0 Å². The smallest absolute Gasteiger partial charge is 0.310 e. The van der Waals surface area contributed by atoms with Gasteiger partial charge in [-0.05, 0) is 47.4 Å². The number of rotatable bonds is 5. The highest BCUT2D eigenvalue weighted by Gasteiger charge is 2.27. The predicted octanol–water partition coefficient (Wildman–Crippen LogP) is 3.38. The van der Waals surface area contributed by atoms with Crippen LogP contribution >= 0.6 is 11.3 Å². The summed E-state index contributed by atoms with van der Waals surface area (Å²) in [7, 11) is 0. The van der Waals surface area contributed by atoms with Crippen LogP contribution < -0.4 is 0 Å². The van der Waals surface area contributed by atoms with Gasteiger partial charge < -0.3 is 14.1 Å². The number of oxazole rings is 1. The third kappa shape index (κ3) is 4.19. The van der Waals surface area contributed by atoms with Gasteiger partial charge in [0.15, 0.2) is 18.1 Å². The molecule has 4 rings (SSSR count). The summed E-state index contributed by atoms with van der Waals surface area (Å²) in [5.74, 6) is 0.431. The van der Waals surface area contributed by atoms with Gasteiger partial charge >= 0.3 is 5.97 Å². The van der Waals surface area contributed by atoms with Crippen molar-refractivity contribution in [3.05, 3.63) is 52.5 Å². The van der Waals surface area contributed by atoms with Gasteiger partial charge in [-0.2, -0.15) is 11.3 Å². The fraction of sp³-hybridized carbons (Fsp3) is 0.350. The van der Waals surface area contributed by atoms with Crippen LogP contribution in [-0.4, -0.2) is 41.5 Å². The van der Waals surface area contributed by atoms with Crippen LogP contribution in [0.1, 0.15) is 30.2 Å². The number of para-hydroxylation sites is 2. The molecule has 0 unspecified atom stereocenters. The molecular weight excluding hydrogens is 364 g/mol. The largest absolute Gasteiger partial charge is 0.455 e. The number of esters is 1. The highest BCUT2D eigenvalue weighted by Crippen LogP contribution is 2.29. The molecule has 1 aliphatic heterocycles. The van der Waals surface area contributed by atoms with Crippen molar-refractivity contribution in [1.29, 1.82) is 0 Å². The molecule has 0 saturated carbocycles. The van der Waals surface area contributed by atoms with Crippen LogP contribution in [0.3, 0.4) is 0 Å². The first kappa shape index (κ1) is 17.7. The molecule has 1 fully saturated rings. The van der Waals surface area contributed by atoms with Crippen LogP contribution in [0.25, 0.3) is 11.1 Å². The van der Waals surface area contributed by atoms with Gasteiger partial charge in [0.25, 0.3) is 5.91 Å². The maximum absolute atomic E-state index is 12.3. The summed E-state index contributed by atoms with van der Waals surface area (Å²) in [6.07, 6.45) is 1.79. The molecule has 2 aromatic heterocycles. The number of ether oxygens (including phenoxy) is 1. The quantitative estimate of drug-likeness (QED) is 0.631. The lowest BCUT2D eigenvalue weighted by Gasteiger charge is -2.30. The first-order chi connectivity index (χ1) is 13.2. The number of benzene rings is 1. The zero-order valence-corrected chi connectivity index (χ0v) is 15.6. The van der Waals surface area contributed by atoms with Crippen molar-refractivity contribution in [2.75, 3.05) is 19.7 Å². The third-order valence-electron chi connectivity index (χ3n) is 4.79. The van der Waals surface area contributed by atoms with Crippen molar-refractivity contribution >= 4 is 34.3 Å². The summed E-state index contributed by atoms with van der Waals surface area (Å²) in [6, 6.07) is 9.60. The molecule has 1 aliphatic rings. The number of fused-ring (bicyclic) bond motifs is 1. The SMILES string of the molecule is O=C(Cc1ccsc1)OCC(=O)N1CCC(c2nc3ccccc3o2)CC1. The second-order valence-electron chi connectivity index (χ2n) is 6.64. The van der Waals surface area contributed by atoms with Gasteiger partial charge in [-0.3, -0.25) is 9.59 Å². The number of piperidine rings is 1. The average molecular weight is 384 g/mol. The molecule has 1 amide bonds. The van der Waals surface area contributed by atoms with E-state index in [1.54, 1.807) is 4.90 Å². The summed E-state index contributed by atoms with van der Waals surface area (Å²) < 4.78 is 11.0. The van der Waals surface area contributed by atoms with E-state index < -0.39 is 0 Å². The molecule has 7 heteroatoms. The van der Waals surface area contributed by atoms with Gasteiger partial charge in [0.1, 0.15) is 5.52 Å². The van der Waals surface area contributed by atoms with Crippen molar-refractivity contribution in [3.8, 4) is 0 Å². The minimum absolute atomic E-state index is 0.148. The van der Waals surface area contributed by atoms with Crippen LogP contribution in [0.2, 0.25) is 0 Å². The minimum Gasteiger partial charge on any atom is -0.455 e. The number of carbonyl (C=O) groups is 2. The van der Waals surface area contributed by atoms with E-state index in [0.29, 0.717) is 13.1 Å². The Kier molecular flexibility index (Phi) is 5.20. The van der Waals surface area contributed by atoms with Crippen LogP contribution in [-0.2, 0) is 20.7 Å². The molecule has 0 radical (unpaired) electrons. The number of hydrogen-bond donors (Lipinski definition) is 0. The highest BCUT2D eigenvalue weighted by molar-refractivity contribution is 7.08. The van der Waals surface area contributed by atoms with Gasteiger partial charge in [-0.1, -0.05) is 12.1 Å². The molecule has 0 N–H and O–H groups in total. The average Bonchev–Trinajstić information content (AvgIpc) is 3.35. The van der Waals surface area contributed by atoms with Crippen molar-refractivity contribution in [2.45, 2.75) is 25.2 Å². The number of amides is 1. The Bertz CT molecular complexity index is 894. The maximum Gasteiger partial charge on any atom is 0.310 e. The number of thiophene rings is 1. The van der Waals surface area contributed by atoms with E-state index in [-0.39, 0.29) is 30.8 Å². The van der Waals surface area contributed by atoms with Crippen molar-refractivity contribution in [2.24, 2.45) is 0 Å². The fourth-order valence-electron chi connectivity index (χ4n) is 3.28. The predicted molar refractivity (Wildman–Crippen MR) is 102 cm³/mol. The minimum atomic E-state index is -0.372. The second kappa shape index (κ2) is 7.92. The van der Waals surface area contributed by atoms with Crippen molar-refractivity contribution in [1.82, 2.24) is 9.88 Å². The summed E-state index contributed by atoms with van der Waals surface area (Å²) in [4.78, 5) is 30.4. The molecule has 1 aromatic carbocycles. The lowest BCUT2D eigenvalue weighted by atomic mass is 9.97. The van der Waals surface area contributed by atoms with Crippen LogP contribution in [0.15, 0.2) is 45.5 Å². The topological polar surface area (TPSA) is 72.6 Å². The summed E-state index contributed by atoms with van der Waals surface area (Å²) in [6.45, 7) is 1.03. The third-order valence-corrected chi connectivity index (χ3v) is 5.52. The standard InChI is InChI=1S/C20H20N2O4S/c23-18(12-25-19(24)11-14-7-10-27-13-14)22-8-5-15(6-9-22)20-21-16-3-1-2-4-17(16)26-20/h1-4,7,10,13,15H,5-6,8-9,11-12H2. The normalized spacial score (nSPS) is 15.2. The van der Waals surface area contributed by atoms with Crippen molar-refractivity contribution in [3.63, 3.8) is 0 Å². The first-order valence-corrected chi connectivity index (χ1v) is 9.93. The van der Waals surface area contributed by atoms with Crippen LogP contribution in [0, 0.1) is 0 Å². The Labute approximate surface area is 160 Å². The Balaban J connectivity index is 1.26. The Hall–Kier alpha value is -2.67. The molecule has 27 heavy (non-hydrogen) atoms. The highest BCUT2D eigenvalue weighted by atomic mass is 32.1. The first-order valence-electron chi connectivity index (χ1n) is 8.99. The molecule has 1 saturated heterocycles. The molecular formula is C20H20N2O4S. The monoisotopic (exact) mass is 384 g/mol. The Morgan fingerprint density at radius 1 is 1.22 bits per heavy atom. The maximum atomic E-state index is 12.3. The van der Waals surface area contributed by atoms with E-state index in [1.807, 2.05) is 41.1 Å². The molecule has 0 atom stereocenters. The van der Waals surface area contributed by atoms with E-state index in [1.165, 1.54) is 11.3 Å². The molecule has 3 heterocycles.